The molecule has 118 valence electrons. The van der Waals surface area contributed by atoms with Crippen LogP contribution in [0.1, 0.15) is 18.1 Å². The van der Waals surface area contributed by atoms with Gasteiger partial charge in [-0.3, -0.25) is 0 Å². The Bertz CT molecular complexity index is 699. The molecule has 0 aromatic heterocycles. The highest BCUT2D eigenvalue weighted by atomic mass is 16.7. The van der Waals surface area contributed by atoms with Gasteiger partial charge < -0.3 is 14.3 Å². The SMILES string of the molecule is C[C@]1(c2ccccc2)COC(=O)O/C1=N\OCc1ccccc1. The lowest BCUT2D eigenvalue weighted by atomic mass is 9.82. The van der Waals surface area contributed by atoms with Crippen LogP contribution < -0.4 is 0 Å². The molecule has 1 saturated heterocycles. The molecule has 0 bridgehead atoms. The fraction of sp³-hybridized carbons (Fsp3) is 0.222. The smallest absolute Gasteiger partial charge is 0.432 e. The van der Waals surface area contributed by atoms with Crippen molar-refractivity contribution in [2.24, 2.45) is 5.16 Å². The van der Waals surface area contributed by atoms with Gasteiger partial charge in [0.15, 0.2) is 0 Å². The van der Waals surface area contributed by atoms with Gasteiger partial charge in [0.2, 0.25) is 0 Å². The first-order valence-electron chi connectivity index (χ1n) is 7.33. The Balaban J connectivity index is 1.81. The van der Waals surface area contributed by atoms with Gasteiger partial charge >= 0.3 is 6.16 Å². The molecule has 2 aromatic rings. The summed E-state index contributed by atoms with van der Waals surface area (Å²) in [5.74, 6) is 0.205. The van der Waals surface area contributed by atoms with Gasteiger partial charge in [-0.2, -0.15) is 0 Å². The number of nitrogens with zero attached hydrogens (tertiary/aromatic N) is 1. The minimum Gasteiger partial charge on any atom is -0.432 e. The summed E-state index contributed by atoms with van der Waals surface area (Å²) in [7, 11) is 0. The third-order valence-corrected chi connectivity index (χ3v) is 3.76. The maximum absolute atomic E-state index is 11.4. The minimum atomic E-state index is -0.763. The van der Waals surface area contributed by atoms with Crippen molar-refractivity contribution in [1.29, 1.82) is 0 Å². The average Bonchev–Trinajstić information content (AvgIpc) is 2.60. The van der Waals surface area contributed by atoms with Crippen LogP contribution in [0.2, 0.25) is 0 Å². The Morgan fingerprint density at radius 1 is 1.09 bits per heavy atom. The Labute approximate surface area is 134 Å². The van der Waals surface area contributed by atoms with Crippen molar-refractivity contribution in [3.8, 4) is 0 Å². The quantitative estimate of drug-likeness (QED) is 0.639. The van der Waals surface area contributed by atoms with E-state index in [0.29, 0.717) is 6.61 Å². The first-order chi connectivity index (χ1) is 11.2. The number of benzene rings is 2. The first kappa shape index (κ1) is 15.1. The Morgan fingerprint density at radius 2 is 1.74 bits per heavy atom. The summed E-state index contributed by atoms with van der Waals surface area (Å²) in [5, 5.41) is 4.05. The normalized spacial score (nSPS) is 22.3. The lowest BCUT2D eigenvalue weighted by Gasteiger charge is -2.32. The number of hydrogen-bond acceptors (Lipinski definition) is 5. The van der Waals surface area contributed by atoms with Crippen LogP contribution in [0.3, 0.4) is 0 Å². The van der Waals surface area contributed by atoms with Crippen LogP contribution in [0, 0.1) is 0 Å². The minimum absolute atomic E-state index is 0.156. The maximum Gasteiger partial charge on any atom is 0.515 e. The molecule has 3 rings (SSSR count). The molecule has 2 aromatic carbocycles. The lowest BCUT2D eigenvalue weighted by molar-refractivity contribution is 0.0442. The molecule has 0 spiro atoms. The zero-order valence-electron chi connectivity index (χ0n) is 12.8. The summed E-state index contributed by atoms with van der Waals surface area (Å²) in [6, 6.07) is 19.3. The van der Waals surface area contributed by atoms with Gasteiger partial charge in [-0.1, -0.05) is 60.7 Å². The van der Waals surface area contributed by atoms with Gasteiger partial charge in [-0.25, -0.2) is 4.79 Å². The van der Waals surface area contributed by atoms with Crippen LogP contribution in [0.15, 0.2) is 65.8 Å². The Kier molecular flexibility index (Phi) is 4.28. The van der Waals surface area contributed by atoms with Crippen LogP contribution in [0.25, 0.3) is 0 Å². The van der Waals surface area contributed by atoms with Crippen molar-refractivity contribution in [2.75, 3.05) is 6.61 Å². The third-order valence-electron chi connectivity index (χ3n) is 3.76. The molecule has 1 aliphatic rings. The molecular weight excluding hydrogens is 294 g/mol. The van der Waals surface area contributed by atoms with E-state index in [1.165, 1.54) is 0 Å². The second kappa shape index (κ2) is 6.52. The second-order valence-electron chi connectivity index (χ2n) is 5.49. The lowest BCUT2D eigenvalue weighted by Crippen LogP contribution is -2.45. The molecule has 5 nitrogen and oxygen atoms in total. The van der Waals surface area contributed by atoms with Crippen LogP contribution in [0.4, 0.5) is 4.79 Å². The van der Waals surface area contributed by atoms with Gasteiger partial charge in [-0.05, 0) is 23.2 Å². The topological polar surface area (TPSA) is 57.1 Å². The van der Waals surface area contributed by atoms with E-state index in [1.54, 1.807) is 0 Å². The van der Waals surface area contributed by atoms with E-state index >= 15 is 0 Å². The highest BCUT2D eigenvalue weighted by Gasteiger charge is 2.42. The molecule has 5 heteroatoms. The summed E-state index contributed by atoms with van der Waals surface area (Å²) in [6.45, 7) is 2.36. The molecule has 0 saturated carbocycles. The summed E-state index contributed by atoms with van der Waals surface area (Å²) in [6.07, 6.45) is -0.763. The zero-order valence-corrected chi connectivity index (χ0v) is 12.8. The van der Waals surface area contributed by atoms with Crippen molar-refractivity contribution in [1.82, 2.24) is 0 Å². The van der Waals surface area contributed by atoms with E-state index < -0.39 is 11.6 Å². The van der Waals surface area contributed by atoms with E-state index in [1.807, 2.05) is 67.6 Å². The monoisotopic (exact) mass is 311 g/mol. The van der Waals surface area contributed by atoms with Crippen molar-refractivity contribution < 1.29 is 19.1 Å². The number of carbonyl (C=O) groups excluding carboxylic acids is 1. The summed E-state index contributed by atoms with van der Waals surface area (Å²) in [4.78, 5) is 16.8. The number of cyclic esters (lactones) is 2. The molecule has 23 heavy (non-hydrogen) atoms. The summed E-state index contributed by atoms with van der Waals surface area (Å²) < 4.78 is 10.2. The Morgan fingerprint density at radius 3 is 2.43 bits per heavy atom. The van der Waals surface area contributed by atoms with Crippen molar-refractivity contribution in [3.05, 3.63) is 71.8 Å². The fourth-order valence-electron chi connectivity index (χ4n) is 2.36. The van der Waals surface area contributed by atoms with Gasteiger partial charge in [0, 0.05) is 0 Å². The van der Waals surface area contributed by atoms with Crippen LogP contribution >= 0.6 is 0 Å². The molecule has 0 N–H and O–H groups in total. The standard InChI is InChI=1S/C18H17NO4/c1-18(15-10-6-3-7-11-15)13-21-17(20)23-16(18)19-22-12-14-8-4-2-5-9-14/h2-11H,12-13H2,1H3/b19-16-/t18-/m1/s1. The van der Waals surface area contributed by atoms with E-state index in [9.17, 15) is 4.79 Å². The molecule has 1 heterocycles. The number of hydrogen-bond donors (Lipinski definition) is 0. The molecular formula is C18H17NO4. The molecule has 1 aliphatic heterocycles. The predicted molar refractivity (Wildman–Crippen MR) is 84.9 cm³/mol. The molecule has 1 atom stereocenters. The van der Waals surface area contributed by atoms with Crippen LogP contribution in [-0.2, 0) is 26.3 Å². The van der Waals surface area contributed by atoms with Crippen molar-refractivity contribution >= 4 is 12.1 Å². The molecule has 0 radical (unpaired) electrons. The van der Waals surface area contributed by atoms with E-state index in [0.717, 1.165) is 11.1 Å². The van der Waals surface area contributed by atoms with Crippen LogP contribution in [-0.4, -0.2) is 18.7 Å². The number of oxime groups is 1. The third kappa shape index (κ3) is 3.34. The zero-order chi connectivity index (χ0) is 16.1. The second-order valence-corrected chi connectivity index (χ2v) is 5.49. The van der Waals surface area contributed by atoms with Gasteiger partial charge in [0.25, 0.3) is 5.90 Å². The average molecular weight is 311 g/mol. The van der Waals surface area contributed by atoms with Crippen molar-refractivity contribution in [3.63, 3.8) is 0 Å². The number of carbonyl (C=O) groups is 1. The number of rotatable bonds is 4. The van der Waals surface area contributed by atoms with Crippen LogP contribution in [0.5, 0.6) is 0 Å². The van der Waals surface area contributed by atoms with E-state index in [4.69, 9.17) is 14.3 Å². The molecule has 1 fully saturated rings. The maximum atomic E-state index is 11.4. The van der Waals surface area contributed by atoms with Gasteiger partial charge in [0.1, 0.15) is 18.6 Å². The van der Waals surface area contributed by atoms with Crippen molar-refractivity contribution in [2.45, 2.75) is 18.9 Å². The highest BCUT2D eigenvalue weighted by Crippen LogP contribution is 2.30. The Hall–Kier alpha value is -2.82. The molecule has 0 amide bonds. The highest BCUT2D eigenvalue weighted by molar-refractivity contribution is 5.95. The molecule has 0 unspecified atom stereocenters. The summed E-state index contributed by atoms with van der Waals surface area (Å²) >= 11 is 0. The largest absolute Gasteiger partial charge is 0.515 e. The van der Waals surface area contributed by atoms with Gasteiger partial charge in [0.05, 0.1) is 0 Å². The predicted octanol–water partition coefficient (Wildman–Crippen LogP) is 3.64. The fourth-order valence-corrected chi connectivity index (χ4v) is 2.36. The number of ether oxygens (including phenoxy) is 2. The summed E-state index contributed by atoms with van der Waals surface area (Å²) in [5.41, 5.74) is 1.25. The van der Waals surface area contributed by atoms with E-state index in [2.05, 4.69) is 5.16 Å². The van der Waals surface area contributed by atoms with E-state index in [-0.39, 0.29) is 12.5 Å². The molecule has 0 aliphatic carbocycles. The van der Waals surface area contributed by atoms with Gasteiger partial charge in [-0.15, -0.1) is 0 Å². The first-order valence-corrected chi connectivity index (χ1v) is 7.33.